The van der Waals surface area contributed by atoms with E-state index in [-0.39, 0.29) is 66.5 Å². The van der Waals surface area contributed by atoms with E-state index in [4.69, 9.17) is 2.85 Å². The summed E-state index contributed by atoms with van der Waals surface area (Å²) < 4.78 is 8.42. The van der Waals surface area contributed by atoms with Gasteiger partial charge in [-0.1, -0.05) is 0 Å². The summed E-state index contributed by atoms with van der Waals surface area (Å²) in [5.74, 6) is 0. The van der Waals surface area contributed by atoms with E-state index < -0.39 is 0 Å². The van der Waals surface area contributed by atoms with Gasteiger partial charge < -0.3 is 0 Å². The van der Waals surface area contributed by atoms with Crippen LogP contribution in [0.15, 0.2) is 0 Å². The summed E-state index contributed by atoms with van der Waals surface area (Å²) in [4.78, 5) is 0. The van der Waals surface area contributed by atoms with Crippen molar-refractivity contribution in [3.63, 3.8) is 0 Å². The van der Waals surface area contributed by atoms with Gasteiger partial charge in [-0.15, -0.1) is 0 Å². The van der Waals surface area contributed by atoms with Gasteiger partial charge in [0.2, 0.25) is 0 Å². The van der Waals surface area contributed by atoms with E-state index in [2.05, 4.69) is 0 Å². The summed E-state index contributed by atoms with van der Waals surface area (Å²) in [6.07, 6.45) is 0. The average molecular weight is 412 g/mol. The van der Waals surface area contributed by atoms with Crippen LogP contribution in [0.5, 0.6) is 0 Å². The quantitative estimate of drug-likeness (QED) is 0.479. The SMILES string of the molecule is [Mo].[O]=[InH].[W]. The third-order valence-corrected chi connectivity index (χ3v) is 0. The minimum atomic E-state index is -0.1000. The third-order valence-electron chi connectivity index (χ3n) is 0. The van der Waals surface area contributed by atoms with Crippen LogP contribution in [0.25, 0.3) is 0 Å². The Morgan fingerprint density at radius 3 is 1.25 bits per heavy atom. The van der Waals surface area contributed by atoms with Crippen LogP contribution in [0.4, 0.5) is 0 Å². The van der Waals surface area contributed by atoms with Crippen molar-refractivity contribution in [3.8, 4) is 0 Å². The van der Waals surface area contributed by atoms with Gasteiger partial charge in [0, 0.05) is 42.1 Å². The van der Waals surface area contributed by atoms with E-state index in [9.17, 15) is 0 Å². The first kappa shape index (κ1) is 16.6. The maximum atomic E-state index is 8.42. The van der Waals surface area contributed by atoms with Crippen molar-refractivity contribution in [1.82, 2.24) is 0 Å². The van der Waals surface area contributed by atoms with Crippen molar-refractivity contribution < 1.29 is 45.0 Å². The van der Waals surface area contributed by atoms with Crippen LogP contribution in [0.2, 0.25) is 0 Å². The molecule has 0 aliphatic carbocycles. The molecular weight excluding hydrogens is 411 g/mol. The molecule has 0 heterocycles. The molecule has 0 N–H and O–H groups in total. The van der Waals surface area contributed by atoms with Crippen LogP contribution < -0.4 is 0 Å². The fraction of sp³-hybridized carbons (Fsp3) is 0. The fourth-order valence-corrected chi connectivity index (χ4v) is 0. The van der Waals surface area contributed by atoms with Crippen molar-refractivity contribution in [2.24, 2.45) is 0 Å². The van der Waals surface area contributed by atoms with Crippen molar-refractivity contribution in [2.45, 2.75) is 0 Å². The zero-order valence-electron chi connectivity index (χ0n) is 1.93. The molecule has 0 amide bonds. The van der Waals surface area contributed by atoms with Gasteiger partial charge in [-0.05, 0) is 0 Å². The molecule has 0 unspecified atom stereocenters. The van der Waals surface area contributed by atoms with E-state index in [1.807, 2.05) is 0 Å². The first-order valence-corrected chi connectivity index (χ1v) is 1.94. The summed E-state index contributed by atoms with van der Waals surface area (Å²) in [5.41, 5.74) is 0. The van der Waals surface area contributed by atoms with Gasteiger partial charge in [0.15, 0.2) is 0 Å². The Morgan fingerprint density at radius 2 is 1.25 bits per heavy atom. The third kappa shape index (κ3) is 8.97. The molecule has 0 saturated heterocycles. The van der Waals surface area contributed by atoms with E-state index in [0.29, 0.717) is 0 Å². The Morgan fingerprint density at radius 1 is 1.25 bits per heavy atom. The van der Waals surface area contributed by atoms with Crippen molar-refractivity contribution in [1.29, 1.82) is 0 Å². The molecule has 1 nitrogen and oxygen atoms in total. The normalized spacial score (nSPS) is 0.750. The summed E-state index contributed by atoms with van der Waals surface area (Å²) in [6, 6.07) is 0. The topological polar surface area (TPSA) is 17.1 Å². The molecule has 4 heavy (non-hydrogen) atoms. The van der Waals surface area contributed by atoms with Crippen LogP contribution in [-0.2, 0) is 45.0 Å². The van der Waals surface area contributed by atoms with Gasteiger partial charge in [-0.3, -0.25) is 0 Å². The standard InChI is InChI=1S/In.Mo.O.W.H. The molecule has 0 saturated carbocycles. The molecular formula is HInMoOW. The predicted molar refractivity (Wildman–Crippen MR) is 7.84 cm³/mol. The second kappa shape index (κ2) is 19.7. The Hall–Kier alpha value is 2.05. The predicted octanol–water partition coefficient (Wildman–Crippen LogP) is -0.772. The molecule has 0 bridgehead atoms. The van der Waals surface area contributed by atoms with Gasteiger partial charge in [0.1, 0.15) is 0 Å². The summed E-state index contributed by atoms with van der Waals surface area (Å²) >= 11 is -0.1000. The van der Waals surface area contributed by atoms with Gasteiger partial charge >= 0.3 is 27.2 Å². The second-order valence-electron chi connectivity index (χ2n) is 0. The van der Waals surface area contributed by atoms with Crippen molar-refractivity contribution in [3.05, 3.63) is 0 Å². The van der Waals surface area contributed by atoms with Crippen LogP contribution in [0, 0.1) is 0 Å². The molecule has 0 spiro atoms. The number of hydrogen-bond acceptors (Lipinski definition) is 1. The maximum Gasteiger partial charge on any atom is 0 e. The first-order valence-electron chi connectivity index (χ1n) is 0.289. The van der Waals surface area contributed by atoms with Crippen LogP contribution in [0.1, 0.15) is 0 Å². The molecule has 0 radical (unpaired) electrons. The number of rotatable bonds is 0. The zero-order chi connectivity index (χ0) is 2.00. The number of hydrogen-bond donors (Lipinski definition) is 0. The molecule has 0 atom stereocenters. The molecule has 0 aromatic heterocycles. The summed E-state index contributed by atoms with van der Waals surface area (Å²) in [5, 5.41) is 0. The monoisotopic (exact) mass is 414 g/mol. The minimum absolute atomic E-state index is 0. The van der Waals surface area contributed by atoms with Gasteiger partial charge in [-0.2, -0.15) is 0 Å². The molecule has 0 aromatic carbocycles. The van der Waals surface area contributed by atoms with E-state index in [0.717, 1.165) is 0 Å². The Labute approximate surface area is 68.4 Å². The van der Waals surface area contributed by atoms with Crippen LogP contribution >= 0.6 is 0 Å². The zero-order valence-corrected chi connectivity index (χ0v) is 10.9. The van der Waals surface area contributed by atoms with Crippen LogP contribution in [-0.4, -0.2) is 24.4 Å². The van der Waals surface area contributed by atoms with E-state index >= 15 is 0 Å². The van der Waals surface area contributed by atoms with Crippen molar-refractivity contribution in [2.75, 3.05) is 0 Å². The second-order valence-corrected chi connectivity index (χ2v) is 0. The van der Waals surface area contributed by atoms with Crippen LogP contribution in [0.3, 0.4) is 0 Å². The Kier molecular flexibility index (Phi) is 81.8. The summed E-state index contributed by atoms with van der Waals surface area (Å²) in [7, 11) is 0. The van der Waals surface area contributed by atoms with Gasteiger partial charge in [0.05, 0.1) is 0 Å². The minimum Gasteiger partial charge on any atom is 0 e. The molecule has 0 aromatic rings. The molecule has 0 aliphatic rings. The maximum absolute atomic E-state index is 8.42. The fourth-order valence-electron chi connectivity index (χ4n) is 0. The van der Waals surface area contributed by atoms with E-state index in [1.54, 1.807) is 0 Å². The molecule has 22 valence electrons. The first-order chi connectivity index (χ1) is 1.00. The molecule has 0 rings (SSSR count). The average Bonchev–Trinajstić information content (AvgIpc) is 1.00. The largest absolute Gasteiger partial charge is 0 e. The van der Waals surface area contributed by atoms with E-state index in [1.165, 1.54) is 0 Å². The Bertz CT molecular complexity index is 8.00. The smallest absolute Gasteiger partial charge is 0 e. The van der Waals surface area contributed by atoms with Gasteiger partial charge in [0.25, 0.3) is 0 Å². The molecule has 0 aliphatic heterocycles. The summed E-state index contributed by atoms with van der Waals surface area (Å²) in [6.45, 7) is 0. The Balaban J connectivity index is -0.00000000500. The van der Waals surface area contributed by atoms with Crippen molar-refractivity contribution >= 4 is 24.4 Å². The van der Waals surface area contributed by atoms with Gasteiger partial charge in [-0.25, -0.2) is 0 Å². The molecule has 4 heteroatoms. The molecule has 0 fully saturated rings.